The summed E-state index contributed by atoms with van der Waals surface area (Å²) in [4.78, 5) is 38.1. The van der Waals surface area contributed by atoms with Gasteiger partial charge in [0, 0.05) is 30.2 Å². The number of halogens is 1. The number of carbonyl (C=O) groups excluding carboxylic acids is 2. The number of nitro groups is 1. The van der Waals surface area contributed by atoms with Gasteiger partial charge in [-0.05, 0) is 42.8 Å². The zero-order chi connectivity index (χ0) is 27.2. The van der Waals surface area contributed by atoms with Crippen molar-refractivity contribution in [3.05, 3.63) is 99.0 Å². The molecular weight excluding hydrogens is 564 g/mol. The third-order valence-electron chi connectivity index (χ3n) is 5.59. The number of nitrogens with one attached hydrogen (secondary N) is 1. The van der Waals surface area contributed by atoms with Crippen LogP contribution < -0.4 is 9.62 Å². The number of nitro benzene ring substituents is 1. The van der Waals surface area contributed by atoms with Crippen molar-refractivity contribution in [2.75, 3.05) is 17.9 Å². The molecule has 0 aromatic heterocycles. The quantitative estimate of drug-likeness (QED) is 0.284. The second-order valence-electron chi connectivity index (χ2n) is 8.04. The number of hydrogen-bond acceptors (Lipinski definition) is 6. The second-order valence-corrected chi connectivity index (χ2v) is 10.8. The van der Waals surface area contributed by atoms with Gasteiger partial charge in [0.2, 0.25) is 11.8 Å². The summed E-state index contributed by atoms with van der Waals surface area (Å²) in [6.07, 6.45) is 0. The van der Waals surface area contributed by atoms with E-state index in [1.54, 1.807) is 24.3 Å². The van der Waals surface area contributed by atoms with Gasteiger partial charge in [-0.3, -0.25) is 24.0 Å². The van der Waals surface area contributed by atoms with E-state index in [0.29, 0.717) is 5.56 Å². The Morgan fingerprint density at radius 2 is 1.70 bits per heavy atom. The van der Waals surface area contributed by atoms with E-state index in [1.165, 1.54) is 61.3 Å². The predicted molar refractivity (Wildman–Crippen MR) is 142 cm³/mol. The van der Waals surface area contributed by atoms with Crippen LogP contribution in [0.15, 0.2) is 88.2 Å². The monoisotopic (exact) mass is 588 g/mol. The number of hydrogen-bond donors (Lipinski definition) is 1. The number of anilines is 1. The largest absolute Gasteiger partial charge is 0.357 e. The zero-order valence-electron chi connectivity index (χ0n) is 20.1. The molecule has 2 amide bonds. The molecule has 10 nitrogen and oxygen atoms in total. The maximum Gasteiger partial charge on any atom is 0.271 e. The number of likely N-dealkylation sites (N-methyl/N-ethyl adjacent to an activating group) is 1. The lowest BCUT2D eigenvalue weighted by molar-refractivity contribution is -0.384. The van der Waals surface area contributed by atoms with E-state index in [-0.39, 0.29) is 22.8 Å². The summed E-state index contributed by atoms with van der Waals surface area (Å²) in [6.45, 7) is 0.882. The van der Waals surface area contributed by atoms with Crippen LogP contribution in [0, 0.1) is 10.1 Å². The number of sulfonamides is 1. The molecular formula is C25H25BrN4O6S. The fraction of sp³-hybridized carbons (Fsp3) is 0.200. The van der Waals surface area contributed by atoms with Gasteiger partial charge in [0.25, 0.3) is 15.7 Å². The highest BCUT2D eigenvalue weighted by atomic mass is 79.9. The van der Waals surface area contributed by atoms with Crippen LogP contribution in [-0.2, 0) is 26.2 Å². The normalized spacial score (nSPS) is 11.9. The summed E-state index contributed by atoms with van der Waals surface area (Å²) in [6, 6.07) is 18.7. The Morgan fingerprint density at radius 3 is 2.32 bits per heavy atom. The molecule has 3 aromatic rings. The lowest BCUT2D eigenvalue weighted by Crippen LogP contribution is -2.50. The van der Waals surface area contributed by atoms with Crippen molar-refractivity contribution in [1.82, 2.24) is 10.2 Å². The van der Waals surface area contributed by atoms with Crippen LogP contribution in [0.5, 0.6) is 0 Å². The Bertz CT molecular complexity index is 1400. The lowest BCUT2D eigenvalue weighted by Gasteiger charge is -2.31. The average Bonchev–Trinajstić information content (AvgIpc) is 2.89. The summed E-state index contributed by atoms with van der Waals surface area (Å²) in [5.41, 5.74) is 0.329. The van der Waals surface area contributed by atoms with Crippen LogP contribution in [0.2, 0.25) is 0 Å². The van der Waals surface area contributed by atoms with Crippen LogP contribution in [0.3, 0.4) is 0 Å². The van der Waals surface area contributed by atoms with Gasteiger partial charge in [-0.15, -0.1) is 0 Å². The molecule has 194 valence electrons. The van der Waals surface area contributed by atoms with Gasteiger partial charge in [0.1, 0.15) is 12.6 Å². The smallest absolute Gasteiger partial charge is 0.271 e. The highest BCUT2D eigenvalue weighted by Gasteiger charge is 2.32. The minimum Gasteiger partial charge on any atom is -0.357 e. The van der Waals surface area contributed by atoms with Crippen molar-refractivity contribution in [1.29, 1.82) is 0 Å². The third-order valence-corrected chi connectivity index (χ3v) is 7.88. The molecule has 37 heavy (non-hydrogen) atoms. The molecule has 0 bridgehead atoms. The summed E-state index contributed by atoms with van der Waals surface area (Å²) in [5, 5.41) is 13.9. The maximum atomic E-state index is 13.7. The van der Waals surface area contributed by atoms with Crippen molar-refractivity contribution in [2.24, 2.45) is 0 Å². The summed E-state index contributed by atoms with van der Waals surface area (Å²) in [5.74, 6) is -1.10. The van der Waals surface area contributed by atoms with Crippen molar-refractivity contribution in [3.63, 3.8) is 0 Å². The first-order valence-corrected chi connectivity index (χ1v) is 13.4. The highest BCUT2D eigenvalue weighted by molar-refractivity contribution is 9.10. The molecule has 0 saturated heterocycles. The van der Waals surface area contributed by atoms with Gasteiger partial charge in [0.15, 0.2) is 0 Å². The number of benzene rings is 3. The van der Waals surface area contributed by atoms with E-state index in [1.807, 2.05) is 6.07 Å². The van der Waals surface area contributed by atoms with Crippen molar-refractivity contribution in [2.45, 2.75) is 24.4 Å². The number of nitrogens with zero attached hydrogens (tertiary/aromatic N) is 3. The van der Waals surface area contributed by atoms with Crippen LogP contribution in [-0.4, -0.2) is 49.7 Å². The van der Waals surface area contributed by atoms with E-state index >= 15 is 0 Å². The molecule has 0 aliphatic carbocycles. The SMILES string of the molecule is CNC(=O)C(C)N(Cc1cccc(Br)c1)C(=O)CN(c1cccc([N+](=O)[O-])c1)S(=O)(=O)c1ccccc1. The number of amides is 2. The fourth-order valence-corrected chi connectivity index (χ4v) is 5.51. The second kappa shape index (κ2) is 12.0. The Labute approximate surface area is 223 Å². The van der Waals surface area contributed by atoms with Crippen LogP contribution in [0.1, 0.15) is 12.5 Å². The number of rotatable bonds is 10. The Balaban J connectivity index is 2.07. The Hall–Kier alpha value is -3.77. The van der Waals surface area contributed by atoms with Gasteiger partial charge in [-0.1, -0.05) is 52.3 Å². The molecule has 0 spiro atoms. The molecule has 0 saturated carbocycles. The Kier molecular flexibility index (Phi) is 9.00. The molecule has 0 heterocycles. The predicted octanol–water partition coefficient (Wildman–Crippen LogP) is 3.72. The first kappa shape index (κ1) is 27.8. The summed E-state index contributed by atoms with van der Waals surface area (Å²) in [7, 11) is -2.86. The minimum absolute atomic E-state index is 0.0288. The van der Waals surface area contributed by atoms with Gasteiger partial charge in [0.05, 0.1) is 15.5 Å². The van der Waals surface area contributed by atoms with Crippen LogP contribution in [0.4, 0.5) is 11.4 Å². The molecule has 1 N–H and O–H groups in total. The standard InChI is InChI=1S/C25H25BrN4O6S/c1-18(25(32)27-2)28(16-19-8-6-9-20(26)14-19)24(31)17-29(21-10-7-11-22(15-21)30(33)34)37(35,36)23-12-4-3-5-13-23/h3-15,18H,16-17H2,1-2H3,(H,27,32). The topological polar surface area (TPSA) is 130 Å². The molecule has 0 aliphatic heterocycles. The molecule has 0 aliphatic rings. The molecule has 1 unspecified atom stereocenters. The van der Waals surface area contributed by atoms with E-state index in [4.69, 9.17) is 0 Å². The van der Waals surface area contributed by atoms with E-state index < -0.39 is 39.3 Å². The molecule has 12 heteroatoms. The van der Waals surface area contributed by atoms with Crippen molar-refractivity contribution in [3.8, 4) is 0 Å². The molecule has 0 fully saturated rings. The van der Waals surface area contributed by atoms with Crippen molar-refractivity contribution < 1.29 is 22.9 Å². The van der Waals surface area contributed by atoms with E-state index in [2.05, 4.69) is 21.2 Å². The number of carbonyl (C=O) groups is 2. The van der Waals surface area contributed by atoms with Crippen LogP contribution in [0.25, 0.3) is 0 Å². The molecule has 0 radical (unpaired) electrons. The van der Waals surface area contributed by atoms with Crippen molar-refractivity contribution >= 4 is 49.1 Å². The molecule has 3 aromatic carbocycles. The summed E-state index contributed by atoms with van der Waals surface area (Å²) >= 11 is 3.38. The first-order valence-electron chi connectivity index (χ1n) is 11.1. The van der Waals surface area contributed by atoms with Gasteiger partial charge in [-0.25, -0.2) is 8.42 Å². The zero-order valence-corrected chi connectivity index (χ0v) is 22.5. The van der Waals surface area contributed by atoms with E-state index in [9.17, 15) is 28.1 Å². The van der Waals surface area contributed by atoms with Gasteiger partial charge < -0.3 is 10.2 Å². The highest BCUT2D eigenvalue weighted by Crippen LogP contribution is 2.27. The minimum atomic E-state index is -4.30. The molecule has 3 rings (SSSR count). The van der Waals surface area contributed by atoms with E-state index in [0.717, 1.165) is 14.8 Å². The van der Waals surface area contributed by atoms with Gasteiger partial charge >= 0.3 is 0 Å². The van der Waals surface area contributed by atoms with Gasteiger partial charge in [-0.2, -0.15) is 0 Å². The van der Waals surface area contributed by atoms with Crippen LogP contribution >= 0.6 is 15.9 Å². The average molecular weight is 589 g/mol. The first-order chi connectivity index (χ1) is 17.5. The third kappa shape index (κ3) is 6.71. The molecule has 1 atom stereocenters. The lowest BCUT2D eigenvalue weighted by atomic mass is 10.1. The number of non-ortho nitro benzene ring substituents is 1. The Morgan fingerprint density at radius 1 is 1.03 bits per heavy atom. The summed E-state index contributed by atoms with van der Waals surface area (Å²) < 4.78 is 28.9. The maximum absolute atomic E-state index is 13.7. The fourth-order valence-electron chi connectivity index (χ4n) is 3.63.